The first-order chi connectivity index (χ1) is 11.2. The monoisotopic (exact) mass is 328 g/mol. The molecule has 6 heteroatoms. The molecule has 0 spiro atoms. The number of amides is 1. The van der Waals surface area contributed by atoms with Crippen molar-refractivity contribution in [3.05, 3.63) is 69.8 Å². The maximum Gasteiger partial charge on any atom is 0.412 e. The van der Waals surface area contributed by atoms with Crippen molar-refractivity contribution in [3.63, 3.8) is 0 Å². The van der Waals surface area contributed by atoms with Crippen LogP contribution < -0.4 is 5.32 Å². The standard InChI is InChI=1S/C18H20N2O4/c1-18(2,3)24-17(21)19-15-8-4-13(5-9-15)12-14-6-10-16(11-7-14)20(22)23/h4-11H,12H2,1-3H3,(H,19,21). The van der Waals surface area contributed by atoms with E-state index in [1.165, 1.54) is 12.1 Å². The molecule has 24 heavy (non-hydrogen) atoms. The summed E-state index contributed by atoms with van der Waals surface area (Å²) < 4.78 is 5.19. The number of hydrogen-bond acceptors (Lipinski definition) is 4. The van der Waals surface area contributed by atoms with Gasteiger partial charge in [-0.1, -0.05) is 24.3 Å². The smallest absolute Gasteiger partial charge is 0.412 e. The molecule has 0 bridgehead atoms. The molecule has 0 unspecified atom stereocenters. The van der Waals surface area contributed by atoms with Gasteiger partial charge in [-0.25, -0.2) is 4.79 Å². The van der Waals surface area contributed by atoms with Gasteiger partial charge in [-0.05, 0) is 50.5 Å². The van der Waals surface area contributed by atoms with Gasteiger partial charge in [-0.15, -0.1) is 0 Å². The summed E-state index contributed by atoms with van der Waals surface area (Å²) in [5.74, 6) is 0. The molecule has 0 radical (unpaired) electrons. The molecule has 1 N–H and O–H groups in total. The molecule has 1 amide bonds. The minimum absolute atomic E-state index is 0.0793. The molecule has 0 fully saturated rings. The Bertz CT molecular complexity index is 716. The fourth-order valence-corrected chi connectivity index (χ4v) is 2.10. The Morgan fingerprint density at radius 2 is 1.54 bits per heavy atom. The average Bonchev–Trinajstić information content (AvgIpc) is 2.48. The largest absolute Gasteiger partial charge is 0.444 e. The van der Waals surface area contributed by atoms with E-state index in [1.54, 1.807) is 45.0 Å². The van der Waals surface area contributed by atoms with E-state index in [0.29, 0.717) is 12.1 Å². The zero-order valence-electron chi connectivity index (χ0n) is 13.9. The Hall–Kier alpha value is -2.89. The summed E-state index contributed by atoms with van der Waals surface area (Å²) in [6, 6.07) is 13.9. The molecule has 0 aliphatic rings. The first kappa shape index (κ1) is 17.5. The zero-order valence-corrected chi connectivity index (χ0v) is 13.9. The first-order valence-electron chi connectivity index (χ1n) is 7.55. The number of nitro groups is 1. The average molecular weight is 328 g/mol. The van der Waals surface area contributed by atoms with Crippen LogP contribution in [0, 0.1) is 10.1 Å². The van der Waals surface area contributed by atoms with Crippen LogP contribution in [0.4, 0.5) is 16.2 Å². The number of carbonyl (C=O) groups is 1. The van der Waals surface area contributed by atoms with Crippen LogP contribution in [0.25, 0.3) is 0 Å². The molecule has 0 aromatic heterocycles. The van der Waals surface area contributed by atoms with Crippen molar-refractivity contribution in [3.8, 4) is 0 Å². The molecule has 2 aromatic rings. The highest BCUT2D eigenvalue weighted by atomic mass is 16.6. The van der Waals surface area contributed by atoms with E-state index in [4.69, 9.17) is 4.74 Å². The van der Waals surface area contributed by atoms with E-state index >= 15 is 0 Å². The molecule has 0 saturated heterocycles. The lowest BCUT2D eigenvalue weighted by Crippen LogP contribution is -2.27. The summed E-state index contributed by atoms with van der Waals surface area (Å²) in [5, 5.41) is 13.3. The number of benzene rings is 2. The van der Waals surface area contributed by atoms with Crippen LogP contribution in [0.3, 0.4) is 0 Å². The number of nitrogens with zero attached hydrogens (tertiary/aromatic N) is 1. The van der Waals surface area contributed by atoms with E-state index in [-0.39, 0.29) is 5.69 Å². The van der Waals surface area contributed by atoms with Crippen LogP contribution in [0.15, 0.2) is 48.5 Å². The van der Waals surface area contributed by atoms with Crippen molar-refractivity contribution in [1.29, 1.82) is 0 Å². The van der Waals surface area contributed by atoms with Crippen LogP contribution in [-0.2, 0) is 11.2 Å². The summed E-state index contributed by atoms with van der Waals surface area (Å²) >= 11 is 0. The molecule has 0 atom stereocenters. The van der Waals surface area contributed by atoms with Gasteiger partial charge >= 0.3 is 6.09 Å². The molecule has 2 aromatic carbocycles. The van der Waals surface area contributed by atoms with Gasteiger partial charge in [0.05, 0.1) is 4.92 Å². The van der Waals surface area contributed by atoms with Crippen molar-refractivity contribution in [2.75, 3.05) is 5.32 Å². The second kappa shape index (κ2) is 7.12. The van der Waals surface area contributed by atoms with Gasteiger partial charge in [0.1, 0.15) is 5.60 Å². The predicted octanol–water partition coefficient (Wildman–Crippen LogP) is 4.53. The highest BCUT2D eigenvalue weighted by Gasteiger charge is 2.16. The van der Waals surface area contributed by atoms with Gasteiger partial charge in [0.15, 0.2) is 0 Å². The lowest BCUT2D eigenvalue weighted by atomic mass is 10.0. The number of non-ortho nitro benzene ring substituents is 1. The van der Waals surface area contributed by atoms with E-state index < -0.39 is 16.6 Å². The van der Waals surface area contributed by atoms with Gasteiger partial charge < -0.3 is 4.74 Å². The third kappa shape index (κ3) is 5.39. The summed E-state index contributed by atoms with van der Waals surface area (Å²) in [6.07, 6.45) is 0.163. The fourth-order valence-electron chi connectivity index (χ4n) is 2.10. The van der Waals surface area contributed by atoms with Crippen LogP contribution in [0.2, 0.25) is 0 Å². The number of nitrogens with one attached hydrogen (secondary N) is 1. The Morgan fingerprint density at radius 1 is 1.04 bits per heavy atom. The normalized spacial score (nSPS) is 11.0. The SMILES string of the molecule is CC(C)(C)OC(=O)Nc1ccc(Cc2ccc([N+](=O)[O-])cc2)cc1. The number of nitro benzene ring substituents is 1. The highest BCUT2D eigenvalue weighted by molar-refractivity contribution is 5.84. The quantitative estimate of drug-likeness (QED) is 0.660. The maximum absolute atomic E-state index is 11.7. The molecular weight excluding hydrogens is 308 g/mol. The van der Waals surface area contributed by atoms with Gasteiger partial charge in [0, 0.05) is 17.8 Å². The number of rotatable bonds is 4. The maximum atomic E-state index is 11.7. The molecule has 126 valence electrons. The van der Waals surface area contributed by atoms with Gasteiger partial charge in [0.2, 0.25) is 0 Å². The number of anilines is 1. The zero-order chi connectivity index (χ0) is 17.7. The lowest BCUT2D eigenvalue weighted by molar-refractivity contribution is -0.384. The van der Waals surface area contributed by atoms with E-state index in [0.717, 1.165) is 11.1 Å². The Kier molecular flexibility index (Phi) is 5.18. The highest BCUT2D eigenvalue weighted by Crippen LogP contribution is 2.17. The van der Waals surface area contributed by atoms with Gasteiger partial charge in [-0.2, -0.15) is 0 Å². The van der Waals surface area contributed by atoms with Crippen LogP contribution in [0.5, 0.6) is 0 Å². The van der Waals surface area contributed by atoms with Crippen molar-refractivity contribution < 1.29 is 14.5 Å². The molecule has 6 nitrogen and oxygen atoms in total. The Morgan fingerprint density at radius 3 is 2.00 bits per heavy atom. The molecule has 2 rings (SSSR count). The van der Waals surface area contributed by atoms with Crippen molar-refractivity contribution in [1.82, 2.24) is 0 Å². The molecule has 0 heterocycles. The Labute approximate surface area is 140 Å². The molecule has 0 saturated carbocycles. The number of carbonyl (C=O) groups excluding carboxylic acids is 1. The summed E-state index contributed by atoms with van der Waals surface area (Å²) in [7, 11) is 0. The summed E-state index contributed by atoms with van der Waals surface area (Å²) in [5.41, 5.74) is 2.21. The van der Waals surface area contributed by atoms with Crippen LogP contribution in [-0.4, -0.2) is 16.6 Å². The summed E-state index contributed by atoms with van der Waals surface area (Å²) in [4.78, 5) is 21.9. The van der Waals surface area contributed by atoms with Gasteiger partial charge in [0.25, 0.3) is 5.69 Å². The van der Waals surface area contributed by atoms with Crippen molar-refractivity contribution in [2.45, 2.75) is 32.8 Å². The second-order valence-electron chi connectivity index (χ2n) is 6.42. The fraction of sp³-hybridized carbons (Fsp3) is 0.278. The second-order valence-corrected chi connectivity index (χ2v) is 6.42. The topological polar surface area (TPSA) is 81.5 Å². The summed E-state index contributed by atoms with van der Waals surface area (Å²) in [6.45, 7) is 5.42. The third-order valence-electron chi connectivity index (χ3n) is 3.15. The third-order valence-corrected chi connectivity index (χ3v) is 3.15. The Balaban J connectivity index is 1.96. The van der Waals surface area contributed by atoms with Crippen LogP contribution >= 0.6 is 0 Å². The number of ether oxygens (including phenoxy) is 1. The van der Waals surface area contributed by atoms with Gasteiger partial charge in [-0.3, -0.25) is 15.4 Å². The van der Waals surface area contributed by atoms with Crippen molar-refractivity contribution in [2.24, 2.45) is 0 Å². The number of hydrogen-bond donors (Lipinski definition) is 1. The molecule has 0 aliphatic heterocycles. The van der Waals surface area contributed by atoms with Crippen LogP contribution in [0.1, 0.15) is 31.9 Å². The van der Waals surface area contributed by atoms with E-state index in [9.17, 15) is 14.9 Å². The van der Waals surface area contributed by atoms with E-state index in [2.05, 4.69) is 5.32 Å². The minimum Gasteiger partial charge on any atom is -0.444 e. The lowest BCUT2D eigenvalue weighted by Gasteiger charge is -2.19. The first-order valence-corrected chi connectivity index (χ1v) is 7.55. The molecule has 0 aliphatic carbocycles. The molecular formula is C18H20N2O4. The van der Waals surface area contributed by atoms with Crippen molar-refractivity contribution >= 4 is 17.5 Å². The minimum atomic E-state index is -0.542. The van der Waals surface area contributed by atoms with E-state index in [1.807, 2.05) is 12.1 Å². The predicted molar refractivity (Wildman–Crippen MR) is 92.2 cm³/mol.